The van der Waals surface area contributed by atoms with E-state index in [0.29, 0.717) is 19.6 Å². The Kier molecular flexibility index (Phi) is 3.52. The van der Waals surface area contributed by atoms with Gasteiger partial charge in [0.15, 0.2) is 5.82 Å². The zero-order valence-electron chi connectivity index (χ0n) is 10.7. The van der Waals surface area contributed by atoms with Gasteiger partial charge in [-0.2, -0.15) is 0 Å². The van der Waals surface area contributed by atoms with E-state index in [1.54, 1.807) is 0 Å². The second kappa shape index (κ2) is 5.46. The maximum absolute atomic E-state index is 9.53. The highest BCUT2D eigenvalue weighted by Crippen LogP contribution is 2.12. The smallest absolute Gasteiger partial charge is 0.165 e. The Morgan fingerprint density at radius 1 is 1.21 bits per heavy atom. The van der Waals surface area contributed by atoms with Crippen molar-refractivity contribution in [3.8, 4) is 0 Å². The summed E-state index contributed by atoms with van der Waals surface area (Å²) in [5, 5.41) is 21.4. The van der Waals surface area contributed by atoms with Gasteiger partial charge < -0.3 is 5.11 Å². The quantitative estimate of drug-likeness (QED) is 0.854. The minimum absolute atomic E-state index is 0.210. The number of nitrogens with zero attached hydrogens (tertiary/aromatic N) is 5. The molecule has 1 fully saturated rings. The lowest BCUT2D eigenvalue weighted by Gasteiger charge is -2.14. The zero-order chi connectivity index (χ0) is 13.1. The molecule has 2 heterocycles. The summed E-state index contributed by atoms with van der Waals surface area (Å²) in [5.41, 5.74) is 1.18. The number of benzene rings is 1. The van der Waals surface area contributed by atoms with Gasteiger partial charge in [0.2, 0.25) is 0 Å². The Morgan fingerprint density at radius 3 is 2.79 bits per heavy atom. The van der Waals surface area contributed by atoms with Crippen LogP contribution in [0.2, 0.25) is 0 Å². The van der Waals surface area contributed by atoms with E-state index in [1.807, 2.05) is 22.9 Å². The minimum atomic E-state index is -0.210. The number of likely N-dealkylation sites (tertiary alicyclic amines) is 1. The van der Waals surface area contributed by atoms with E-state index >= 15 is 0 Å². The van der Waals surface area contributed by atoms with Crippen LogP contribution in [0.5, 0.6) is 0 Å². The molecule has 0 unspecified atom stereocenters. The Balaban J connectivity index is 1.68. The zero-order valence-corrected chi connectivity index (χ0v) is 10.7. The first kappa shape index (κ1) is 12.3. The first-order chi connectivity index (χ1) is 9.31. The number of hydrogen-bond acceptors (Lipinski definition) is 5. The summed E-state index contributed by atoms with van der Waals surface area (Å²) in [6.45, 7) is 2.98. The van der Waals surface area contributed by atoms with Crippen LogP contribution in [-0.4, -0.2) is 49.4 Å². The molecule has 6 nitrogen and oxygen atoms in total. The Bertz CT molecular complexity index is 527. The van der Waals surface area contributed by atoms with Gasteiger partial charge in [-0.15, -0.1) is 5.10 Å². The van der Waals surface area contributed by atoms with Crippen molar-refractivity contribution in [2.45, 2.75) is 25.6 Å². The Labute approximate surface area is 111 Å². The third-order valence-corrected chi connectivity index (χ3v) is 3.39. The predicted octanol–water partition coefficient (Wildman–Crippen LogP) is 0.288. The Morgan fingerprint density at radius 2 is 2.05 bits per heavy atom. The fourth-order valence-electron chi connectivity index (χ4n) is 2.37. The lowest BCUT2D eigenvalue weighted by Crippen LogP contribution is -2.24. The maximum atomic E-state index is 9.53. The third-order valence-electron chi connectivity index (χ3n) is 3.39. The molecule has 1 N–H and O–H groups in total. The van der Waals surface area contributed by atoms with E-state index in [2.05, 4.69) is 32.6 Å². The third kappa shape index (κ3) is 2.97. The molecule has 3 rings (SSSR count). The average molecular weight is 259 g/mol. The molecular weight excluding hydrogens is 242 g/mol. The van der Waals surface area contributed by atoms with Crippen molar-refractivity contribution in [2.75, 3.05) is 13.1 Å². The molecule has 0 bridgehead atoms. The van der Waals surface area contributed by atoms with Gasteiger partial charge in [-0.3, -0.25) is 4.90 Å². The van der Waals surface area contributed by atoms with Crippen molar-refractivity contribution in [3.63, 3.8) is 0 Å². The minimum Gasteiger partial charge on any atom is -0.392 e. The van der Waals surface area contributed by atoms with Crippen LogP contribution in [0.3, 0.4) is 0 Å². The molecule has 2 aromatic rings. The standard InChI is InChI=1S/C13H17N5O/c19-12-6-7-17(9-12)10-13-14-15-16-18(13)8-11-4-2-1-3-5-11/h1-5,12,19H,6-10H2/t12-/m1/s1. The molecule has 6 heteroatoms. The van der Waals surface area contributed by atoms with Crippen molar-refractivity contribution < 1.29 is 5.11 Å². The molecule has 0 spiro atoms. The number of rotatable bonds is 4. The number of aliphatic hydroxyl groups is 1. The van der Waals surface area contributed by atoms with Gasteiger partial charge in [0, 0.05) is 13.1 Å². The first-order valence-corrected chi connectivity index (χ1v) is 6.50. The summed E-state index contributed by atoms with van der Waals surface area (Å²) in [6, 6.07) is 10.1. The fourth-order valence-corrected chi connectivity index (χ4v) is 2.37. The second-order valence-corrected chi connectivity index (χ2v) is 4.92. The summed E-state index contributed by atoms with van der Waals surface area (Å²) in [5.74, 6) is 0.845. The van der Waals surface area contributed by atoms with Crippen LogP contribution in [0.25, 0.3) is 0 Å². The van der Waals surface area contributed by atoms with Crippen molar-refractivity contribution in [2.24, 2.45) is 0 Å². The van der Waals surface area contributed by atoms with Crippen LogP contribution in [0.1, 0.15) is 17.8 Å². The van der Waals surface area contributed by atoms with Crippen LogP contribution < -0.4 is 0 Å². The van der Waals surface area contributed by atoms with Crippen LogP contribution in [0, 0.1) is 0 Å². The van der Waals surface area contributed by atoms with Gasteiger partial charge in [0.1, 0.15) is 0 Å². The molecule has 1 aliphatic rings. The molecule has 1 saturated heterocycles. The molecule has 1 aliphatic heterocycles. The van der Waals surface area contributed by atoms with Crippen LogP contribution in [0.15, 0.2) is 30.3 Å². The van der Waals surface area contributed by atoms with Crippen molar-refractivity contribution in [1.29, 1.82) is 0 Å². The molecule has 1 aromatic heterocycles. The molecule has 0 aliphatic carbocycles. The Hall–Kier alpha value is -1.79. The number of aromatic nitrogens is 4. The lowest BCUT2D eigenvalue weighted by atomic mass is 10.2. The lowest BCUT2D eigenvalue weighted by molar-refractivity contribution is 0.173. The number of aliphatic hydroxyl groups excluding tert-OH is 1. The van der Waals surface area contributed by atoms with Crippen LogP contribution in [0.4, 0.5) is 0 Å². The van der Waals surface area contributed by atoms with E-state index in [1.165, 1.54) is 5.56 Å². The van der Waals surface area contributed by atoms with Crippen LogP contribution in [-0.2, 0) is 13.1 Å². The van der Waals surface area contributed by atoms with Crippen molar-refractivity contribution >= 4 is 0 Å². The topological polar surface area (TPSA) is 67.1 Å². The van der Waals surface area contributed by atoms with E-state index in [0.717, 1.165) is 18.8 Å². The number of tetrazole rings is 1. The number of β-amino-alcohol motifs (C(OH)–C–C–N with tert-alkyl or cyclic N) is 1. The molecule has 1 atom stereocenters. The van der Waals surface area contributed by atoms with Crippen LogP contribution >= 0.6 is 0 Å². The molecule has 100 valence electrons. The molecule has 0 amide bonds. The average Bonchev–Trinajstić information content (AvgIpc) is 3.01. The van der Waals surface area contributed by atoms with Gasteiger partial charge in [0.25, 0.3) is 0 Å². The normalized spacial score (nSPS) is 19.9. The largest absolute Gasteiger partial charge is 0.392 e. The summed E-state index contributed by atoms with van der Waals surface area (Å²) in [4.78, 5) is 2.18. The highest BCUT2D eigenvalue weighted by molar-refractivity contribution is 5.14. The van der Waals surface area contributed by atoms with Gasteiger partial charge in [-0.25, -0.2) is 4.68 Å². The highest BCUT2D eigenvalue weighted by Gasteiger charge is 2.22. The highest BCUT2D eigenvalue weighted by atomic mass is 16.3. The predicted molar refractivity (Wildman–Crippen MR) is 69.3 cm³/mol. The van der Waals surface area contributed by atoms with Gasteiger partial charge in [-0.1, -0.05) is 30.3 Å². The van der Waals surface area contributed by atoms with E-state index < -0.39 is 0 Å². The summed E-state index contributed by atoms with van der Waals surface area (Å²) < 4.78 is 1.82. The maximum Gasteiger partial charge on any atom is 0.165 e. The summed E-state index contributed by atoms with van der Waals surface area (Å²) in [7, 11) is 0. The first-order valence-electron chi connectivity index (χ1n) is 6.50. The second-order valence-electron chi connectivity index (χ2n) is 4.92. The molecule has 1 aromatic carbocycles. The molecule has 0 saturated carbocycles. The fraction of sp³-hybridized carbons (Fsp3) is 0.462. The van der Waals surface area contributed by atoms with E-state index in [9.17, 15) is 5.11 Å². The van der Waals surface area contributed by atoms with Gasteiger partial charge >= 0.3 is 0 Å². The molecule has 0 radical (unpaired) electrons. The van der Waals surface area contributed by atoms with Gasteiger partial charge in [-0.05, 0) is 22.4 Å². The monoisotopic (exact) mass is 259 g/mol. The molecular formula is C13H17N5O. The van der Waals surface area contributed by atoms with Crippen molar-refractivity contribution in [3.05, 3.63) is 41.7 Å². The molecule has 19 heavy (non-hydrogen) atoms. The summed E-state index contributed by atoms with van der Waals surface area (Å²) >= 11 is 0. The van der Waals surface area contributed by atoms with Crippen molar-refractivity contribution in [1.82, 2.24) is 25.1 Å². The van der Waals surface area contributed by atoms with Gasteiger partial charge in [0.05, 0.1) is 19.2 Å². The SMILES string of the molecule is O[C@@H]1CCN(Cc2nnnn2Cc2ccccc2)C1. The summed E-state index contributed by atoms with van der Waals surface area (Å²) in [6.07, 6.45) is 0.624. The van der Waals surface area contributed by atoms with E-state index in [4.69, 9.17) is 0 Å². The number of hydrogen-bond donors (Lipinski definition) is 1. The van der Waals surface area contributed by atoms with E-state index in [-0.39, 0.29) is 6.10 Å².